The first-order valence-corrected chi connectivity index (χ1v) is 8.19. The lowest BCUT2D eigenvalue weighted by Gasteiger charge is -2.05. The van der Waals surface area contributed by atoms with Crippen molar-refractivity contribution in [3.8, 4) is 11.1 Å². The second-order valence-electron chi connectivity index (χ2n) is 3.67. The lowest BCUT2D eigenvalue weighted by Crippen LogP contribution is -1.83. The van der Waals surface area contributed by atoms with Crippen molar-refractivity contribution in [2.24, 2.45) is 0 Å². The van der Waals surface area contributed by atoms with Crippen molar-refractivity contribution in [2.45, 2.75) is 8.86 Å². The van der Waals surface area contributed by atoms with Gasteiger partial charge in [0.2, 0.25) is 0 Å². The van der Waals surface area contributed by atoms with Crippen LogP contribution in [-0.2, 0) is 8.86 Å². The van der Waals surface area contributed by atoms with Crippen LogP contribution in [0.5, 0.6) is 0 Å². The molecule has 0 unspecified atom stereocenters. The minimum absolute atomic E-state index is 1.07. The molecule has 0 radical (unpaired) electrons. The summed E-state index contributed by atoms with van der Waals surface area (Å²) in [6.07, 6.45) is 0. The third-order valence-electron chi connectivity index (χ3n) is 2.50. The Kier molecular flexibility index (Phi) is 4.64. The van der Waals surface area contributed by atoms with Crippen LogP contribution in [0.2, 0.25) is 0 Å². The van der Waals surface area contributed by atoms with Crippen molar-refractivity contribution in [3.05, 3.63) is 59.7 Å². The molecule has 0 N–H and O–H groups in total. The molecule has 0 heterocycles. The Hall–Kier alpha value is -0.100. The van der Waals surface area contributed by atoms with Gasteiger partial charge in [-0.1, -0.05) is 93.7 Å². The van der Waals surface area contributed by atoms with E-state index >= 15 is 0 Å². The average Bonchev–Trinajstić information content (AvgIpc) is 2.39. The van der Waals surface area contributed by atoms with E-state index in [1.807, 2.05) is 0 Å². The molecule has 0 bridgehead atoms. The van der Waals surface area contributed by atoms with Gasteiger partial charge >= 0.3 is 0 Å². The zero-order valence-electron chi connectivity index (χ0n) is 8.79. The summed E-state index contributed by atoms with van der Waals surface area (Å²) in [5.74, 6) is 0. The standard InChI is InChI=1S/C14H12I2/c15-9-11-3-1-5-13(7-11)14-6-2-4-12(8-14)10-16/h1-8H,9-10H2. The van der Waals surface area contributed by atoms with Gasteiger partial charge in [-0.3, -0.25) is 0 Å². The molecule has 2 heteroatoms. The van der Waals surface area contributed by atoms with Gasteiger partial charge in [0.25, 0.3) is 0 Å². The van der Waals surface area contributed by atoms with Crippen LogP contribution in [0.15, 0.2) is 48.5 Å². The molecule has 82 valence electrons. The third kappa shape index (κ3) is 2.97. The van der Waals surface area contributed by atoms with Gasteiger partial charge < -0.3 is 0 Å². The first-order chi connectivity index (χ1) is 7.83. The summed E-state index contributed by atoms with van der Waals surface area (Å²) in [5.41, 5.74) is 5.41. The Bertz CT molecular complexity index is 432. The predicted molar refractivity (Wildman–Crippen MR) is 87.3 cm³/mol. The minimum Gasteiger partial charge on any atom is -0.0812 e. The zero-order valence-corrected chi connectivity index (χ0v) is 13.1. The highest BCUT2D eigenvalue weighted by Gasteiger charge is 1.99. The van der Waals surface area contributed by atoms with E-state index in [-0.39, 0.29) is 0 Å². The van der Waals surface area contributed by atoms with Crippen LogP contribution in [0.3, 0.4) is 0 Å². The van der Waals surface area contributed by atoms with E-state index in [0.717, 1.165) is 8.86 Å². The van der Waals surface area contributed by atoms with E-state index in [1.165, 1.54) is 22.3 Å². The maximum atomic E-state index is 2.40. The van der Waals surface area contributed by atoms with E-state index < -0.39 is 0 Å². The van der Waals surface area contributed by atoms with E-state index in [4.69, 9.17) is 0 Å². The molecule has 0 fully saturated rings. The van der Waals surface area contributed by atoms with Gasteiger partial charge in [0.05, 0.1) is 0 Å². The van der Waals surface area contributed by atoms with Crippen LogP contribution < -0.4 is 0 Å². The second-order valence-corrected chi connectivity index (χ2v) is 5.19. The van der Waals surface area contributed by atoms with Crippen LogP contribution in [0.1, 0.15) is 11.1 Å². The van der Waals surface area contributed by atoms with Crippen LogP contribution in [-0.4, -0.2) is 0 Å². The average molecular weight is 434 g/mol. The number of benzene rings is 2. The molecule has 2 aromatic rings. The smallest absolute Gasteiger partial charge is 0.0247 e. The van der Waals surface area contributed by atoms with E-state index in [9.17, 15) is 0 Å². The van der Waals surface area contributed by atoms with E-state index in [1.54, 1.807) is 0 Å². The molecule has 0 nitrogen and oxygen atoms in total. The number of hydrogen-bond donors (Lipinski definition) is 0. The molecular weight excluding hydrogens is 422 g/mol. The number of alkyl halides is 2. The van der Waals surface area contributed by atoms with Crippen molar-refractivity contribution < 1.29 is 0 Å². The van der Waals surface area contributed by atoms with Crippen molar-refractivity contribution in [2.75, 3.05) is 0 Å². The first-order valence-electron chi connectivity index (χ1n) is 5.13. The molecule has 0 atom stereocenters. The zero-order chi connectivity index (χ0) is 11.4. The van der Waals surface area contributed by atoms with Crippen molar-refractivity contribution >= 4 is 45.2 Å². The molecule has 0 aliphatic rings. The molecule has 0 saturated heterocycles. The van der Waals surface area contributed by atoms with E-state index in [2.05, 4.69) is 93.7 Å². The van der Waals surface area contributed by atoms with Gasteiger partial charge in [0.1, 0.15) is 0 Å². The van der Waals surface area contributed by atoms with Crippen LogP contribution in [0.4, 0.5) is 0 Å². The largest absolute Gasteiger partial charge is 0.0812 e. The number of hydrogen-bond acceptors (Lipinski definition) is 0. The van der Waals surface area contributed by atoms with Crippen molar-refractivity contribution in [1.29, 1.82) is 0 Å². The van der Waals surface area contributed by atoms with Gasteiger partial charge in [-0.15, -0.1) is 0 Å². The summed E-state index contributed by atoms with van der Waals surface area (Å²) in [5, 5.41) is 0. The van der Waals surface area contributed by atoms with Crippen molar-refractivity contribution in [1.82, 2.24) is 0 Å². The van der Waals surface area contributed by atoms with Crippen LogP contribution in [0, 0.1) is 0 Å². The summed E-state index contributed by atoms with van der Waals surface area (Å²) < 4.78 is 2.13. The normalized spacial score (nSPS) is 10.4. The van der Waals surface area contributed by atoms with Gasteiger partial charge in [0.15, 0.2) is 0 Å². The highest BCUT2D eigenvalue weighted by Crippen LogP contribution is 2.23. The fraction of sp³-hybridized carbons (Fsp3) is 0.143. The van der Waals surface area contributed by atoms with Gasteiger partial charge in [-0.25, -0.2) is 0 Å². The molecule has 0 spiro atoms. The topological polar surface area (TPSA) is 0 Å². The second kappa shape index (κ2) is 6.00. The summed E-state index contributed by atoms with van der Waals surface area (Å²) in [4.78, 5) is 0. The lowest BCUT2D eigenvalue weighted by atomic mass is 10.0. The summed E-state index contributed by atoms with van der Waals surface area (Å²) in [6, 6.07) is 17.6. The van der Waals surface area contributed by atoms with Gasteiger partial charge in [-0.2, -0.15) is 0 Å². The molecule has 0 aliphatic heterocycles. The molecule has 2 rings (SSSR count). The minimum atomic E-state index is 1.07. The maximum absolute atomic E-state index is 2.40. The Morgan fingerprint density at radius 3 is 1.50 bits per heavy atom. The third-order valence-corrected chi connectivity index (χ3v) is 4.26. The molecule has 16 heavy (non-hydrogen) atoms. The molecule has 0 aromatic heterocycles. The maximum Gasteiger partial charge on any atom is 0.0247 e. The monoisotopic (exact) mass is 434 g/mol. The summed E-state index contributed by atoms with van der Waals surface area (Å²) >= 11 is 4.80. The Morgan fingerprint density at radius 1 is 0.688 bits per heavy atom. The Labute approximate surface area is 124 Å². The first kappa shape index (κ1) is 12.4. The molecule has 0 amide bonds. The lowest BCUT2D eigenvalue weighted by molar-refractivity contribution is 1.42. The Morgan fingerprint density at radius 2 is 1.12 bits per heavy atom. The Balaban J connectivity index is 2.41. The van der Waals surface area contributed by atoms with E-state index in [0.29, 0.717) is 0 Å². The van der Waals surface area contributed by atoms with Crippen LogP contribution in [0.25, 0.3) is 11.1 Å². The molecular formula is C14H12I2. The highest BCUT2D eigenvalue weighted by atomic mass is 127. The number of rotatable bonds is 3. The van der Waals surface area contributed by atoms with Crippen LogP contribution >= 0.6 is 45.2 Å². The number of halogens is 2. The van der Waals surface area contributed by atoms with Crippen molar-refractivity contribution in [3.63, 3.8) is 0 Å². The fourth-order valence-electron chi connectivity index (χ4n) is 1.67. The molecule has 0 saturated carbocycles. The quantitative estimate of drug-likeness (QED) is 0.459. The molecule has 2 aromatic carbocycles. The fourth-order valence-corrected chi connectivity index (χ4v) is 2.62. The van der Waals surface area contributed by atoms with Gasteiger partial charge in [-0.05, 0) is 22.3 Å². The summed E-state index contributed by atoms with van der Waals surface area (Å²) in [6.45, 7) is 0. The molecule has 0 aliphatic carbocycles. The van der Waals surface area contributed by atoms with Gasteiger partial charge in [0, 0.05) is 8.86 Å². The summed E-state index contributed by atoms with van der Waals surface area (Å²) in [7, 11) is 0. The SMILES string of the molecule is ICc1cccc(-c2cccc(CI)c2)c1. The predicted octanol–water partition coefficient (Wildman–Crippen LogP) is 5.22. The highest BCUT2D eigenvalue weighted by molar-refractivity contribution is 14.1.